The van der Waals surface area contributed by atoms with Gasteiger partial charge in [-0.1, -0.05) is 17.7 Å². The second-order valence-electron chi connectivity index (χ2n) is 11.2. The van der Waals surface area contributed by atoms with Crippen LogP contribution in [0.1, 0.15) is 38.5 Å². The normalized spacial score (nSPS) is 24.3. The van der Waals surface area contributed by atoms with Crippen LogP contribution in [0.3, 0.4) is 0 Å². The van der Waals surface area contributed by atoms with Gasteiger partial charge in [0.15, 0.2) is 5.82 Å². The Morgan fingerprint density at radius 2 is 1.82 bits per heavy atom. The van der Waals surface area contributed by atoms with Crippen molar-refractivity contribution in [1.29, 1.82) is 0 Å². The maximum Gasteiger partial charge on any atom is 0.319 e. The second-order valence-corrected chi connectivity index (χ2v) is 11.6. The number of aromatic nitrogens is 2. The van der Waals surface area contributed by atoms with Gasteiger partial charge in [-0.2, -0.15) is 9.97 Å². The van der Waals surface area contributed by atoms with Crippen molar-refractivity contribution < 1.29 is 18.6 Å². The number of ether oxygens (including phenoxy) is 1. The van der Waals surface area contributed by atoms with Gasteiger partial charge in [-0.15, -0.1) is 0 Å². The molecule has 0 aliphatic carbocycles. The molecule has 0 spiro atoms. The molecule has 7 nitrogen and oxygen atoms in total. The lowest BCUT2D eigenvalue weighted by Gasteiger charge is -2.35. The monoisotopic (exact) mass is 541 g/mol. The maximum atomic E-state index is 16.3. The van der Waals surface area contributed by atoms with E-state index in [9.17, 15) is 9.50 Å². The molecule has 0 radical (unpaired) electrons. The summed E-state index contributed by atoms with van der Waals surface area (Å²) in [5.74, 6) is -1.39. The zero-order valence-corrected chi connectivity index (χ0v) is 21.8. The Labute approximate surface area is 224 Å². The molecule has 200 valence electrons. The van der Waals surface area contributed by atoms with Crippen molar-refractivity contribution in [3.05, 3.63) is 40.9 Å². The smallest absolute Gasteiger partial charge is 0.319 e. The SMILES string of the molecule is Oc1cccc(F)c1-c1c(Cl)cc2c(N3CC4CCC(C3)N4)nc(OCC34CCCN3CCC4)nc2c1F. The van der Waals surface area contributed by atoms with Gasteiger partial charge in [0.2, 0.25) is 0 Å². The molecular formula is C28H30ClF2N5O2. The van der Waals surface area contributed by atoms with Crippen molar-refractivity contribution in [2.45, 2.75) is 56.1 Å². The van der Waals surface area contributed by atoms with Gasteiger partial charge in [-0.05, 0) is 69.8 Å². The number of phenolic OH excluding ortho intramolecular Hbond substituents is 1. The van der Waals surface area contributed by atoms with Gasteiger partial charge in [-0.3, -0.25) is 4.90 Å². The first kappa shape index (κ1) is 24.3. The van der Waals surface area contributed by atoms with E-state index in [0.717, 1.165) is 64.7 Å². The number of anilines is 1. The van der Waals surface area contributed by atoms with Crippen LogP contribution in [0.25, 0.3) is 22.0 Å². The number of piperazine rings is 1. The number of hydrogen-bond acceptors (Lipinski definition) is 7. The van der Waals surface area contributed by atoms with E-state index in [2.05, 4.69) is 20.1 Å². The predicted octanol–water partition coefficient (Wildman–Crippen LogP) is 4.88. The molecule has 4 saturated heterocycles. The molecule has 4 aliphatic heterocycles. The van der Waals surface area contributed by atoms with E-state index in [-0.39, 0.29) is 33.2 Å². The number of nitrogens with zero attached hydrogens (tertiary/aromatic N) is 4. The fraction of sp³-hybridized carbons (Fsp3) is 0.500. The summed E-state index contributed by atoms with van der Waals surface area (Å²) < 4.78 is 37.3. The molecule has 2 N–H and O–H groups in total. The van der Waals surface area contributed by atoms with Gasteiger partial charge in [-0.25, -0.2) is 8.78 Å². The molecule has 7 rings (SSSR count). The highest BCUT2D eigenvalue weighted by Gasteiger charge is 2.45. The Morgan fingerprint density at radius 1 is 1.08 bits per heavy atom. The summed E-state index contributed by atoms with van der Waals surface area (Å²) in [6, 6.07) is 6.20. The summed E-state index contributed by atoms with van der Waals surface area (Å²) in [5.41, 5.74) is -0.520. The zero-order chi connectivity index (χ0) is 26.0. The highest BCUT2D eigenvalue weighted by Crippen LogP contribution is 2.44. The van der Waals surface area contributed by atoms with Crippen LogP contribution in [0.15, 0.2) is 24.3 Å². The highest BCUT2D eigenvalue weighted by atomic mass is 35.5. The first-order valence-electron chi connectivity index (χ1n) is 13.5. The van der Waals surface area contributed by atoms with Crippen molar-refractivity contribution in [1.82, 2.24) is 20.2 Å². The fourth-order valence-corrected chi connectivity index (χ4v) is 7.37. The lowest BCUT2D eigenvalue weighted by molar-refractivity contribution is 0.108. The minimum Gasteiger partial charge on any atom is -0.507 e. The number of phenols is 1. The minimum atomic E-state index is -0.805. The summed E-state index contributed by atoms with van der Waals surface area (Å²) in [7, 11) is 0. The molecule has 2 unspecified atom stereocenters. The highest BCUT2D eigenvalue weighted by molar-refractivity contribution is 6.34. The van der Waals surface area contributed by atoms with Crippen molar-refractivity contribution in [3.8, 4) is 22.9 Å². The summed E-state index contributed by atoms with van der Waals surface area (Å²) in [6.45, 7) is 4.05. The number of fused-ring (bicyclic) bond motifs is 4. The minimum absolute atomic E-state index is 0.00475. The number of hydrogen-bond donors (Lipinski definition) is 2. The summed E-state index contributed by atoms with van der Waals surface area (Å²) in [6.07, 6.45) is 6.57. The third-order valence-corrected chi connectivity index (χ3v) is 9.18. The summed E-state index contributed by atoms with van der Waals surface area (Å²) >= 11 is 6.57. The Bertz CT molecular complexity index is 1380. The first-order chi connectivity index (χ1) is 18.4. The Balaban J connectivity index is 1.35. The lowest BCUT2D eigenvalue weighted by Crippen LogP contribution is -2.51. The number of rotatable bonds is 5. The standard InChI is InChI=1S/C28H30ClF2N5O2/c29-19-12-18-25(24(31)22(19)23-20(30)4-1-5-21(23)37)33-27(38-15-28-8-2-10-36(28)11-3-9-28)34-26(18)35-13-16-6-7-17(14-35)32-16/h1,4-5,12,16-17,32,37H,2-3,6-11,13-15H2. The zero-order valence-electron chi connectivity index (χ0n) is 21.0. The van der Waals surface area contributed by atoms with Crippen molar-refractivity contribution in [3.63, 3.8) is 0 Å². The van der Waals surface area contributed by atoms with Gasteiger partial charge in [0.25, 0.3) is 0 Å². The molecule has 10 heteroatoms. The van der Waals surface area contributed by atoms with E-state index in [4.69, 9.17) is 21.3 Å². The molecule has 5 heterocycles. The summed E-state index contributed by atoms with van der Waals surface area (Å²) in [5, 5.41) is 14.4. The van der Waals surface area contributed by atoms with E-state index in [0.29, 0.717) is 29.9 Å². The van der Waals surface area contributed by atoms with Gasteiger partial charge in [0.1, 0.15) is 29.5 Å². The van der Waals surface area contributed by atoms with Gasteiger partial charge < -0.3 is 20.1 Å². The average Bonchev–Trinajstić information content (AvgIpc) is 3.58. The quantitative estimate of drug-likeness (QED) is 0.477. The van der Waals surface area contributed by atoms with Crippen LogP contribution in [-0.2, 0) is 0 Å². The van der Waals surface area contributed by atoms with Gasteiger partial charge >= 0.3 is 6.01 Å². The number of benzene rings is 2. The van der Waals surface area contributed by atoms with Crippen molar-refractivity contribution in [2.24, 2.45) is 0 Å². The molecule has 2 aromatic carbocycles. The van der Waals surface area contributed by atoms with Crippen LogP contribution in [0, 0.1) is 11.6 Å². The van der Waals surface area contributed by atoms with Crippen molar-refractivity contribution in [2.75, 3.05) is 37.7 Å². The van der Waals surface area contributed by atoms with Gasteiger partial charge in [0, 0.05) is 36.1 Å². The van der Waals surface area contributed by atoms with Crippen LogP contribution in [0.4, 0.5) is 14.6 Å². The molecule has 38 heavy (non-hydrogen) atoms. The number of aromatic hydroxyl groups is 1. The van der Waals surface area contributed by atoms with E-state index < -0.39 is 17.4 Å². The molecule has 1 aromatic heterocycles. The Hall–Kier alpha value is -2.75. The first-order valence-corrected chi connectivity index (χ1v) is 13.9. The fourth-order valence-electron chi connectivity index (χ4n) is 7.08. The molecule has 2 bridgehead atoms. The largest absolute Gasteiger partial charge is 0.507 e. The van der Waals surface area contributed by atoms with Gasteiger partial charge in [0.05, 0.1) is 16.1 Å². The van der Waals surface area contributed by atoms with E-state index >= 15 is 4.39 Å². The average molecular weight is 542 g/mol. The summed E-state index contributed by atoms with van der Waals surface area (Å²) in [4.78, 5) is 14.0. The number of halogens is 3. The molecule has 0 saturated carbocycles. The molecule has 4 aliphatic rings. The molecule has 3 aromatic rings. The third-order valence-electron chi connectivity index (χ3n) is 8.88. The van der Waals surface area contributed by atoms with E-state index in [1.165, 1.54) is 18.2 Å². The second kappa shape index (κ2) is 9.17. The molecule has 2 atom stereocenters. The van der Waals surface area contributed by atoms with E-state index in [1.807, 2.05) is 0 Å². The maximum absolute atomic E-state index is 16.3. The van der Waals surface area contributed by atoms with E-state index in [1.54, 1.807) is 6.07 Å². The van der Waals surface area contributed by atoms with Crippen LogP contribution in [0.5, 0.6) is 11.8 Å². The topological polar surface area (TPSA) is 73.8 Å². The van der Waals surface area contributed by atoms with Crippen molar-refractivity contribution >= 4 is 28.3 Å². The number of nitrogens with one attached hydrogen (secondary N) is 1. The molecule has 4 fully saturated rings. The van der Waals surface area contributed by atoms with Crippen LogP contribution in [-0.4, -0.2) is 70.4 Å². The Morgan fingerprint density at radius 3 is 2.53 bits per heavy atom. The van der Waals surface area contributed by atoms with Crippen LogP contribution in [0.2, 0.25) is 5.02 Å². The van der Waals surface area contributed by atoms with Crippen LogP contribution >= 0.6 is 11.6 Å². The molecular weight excluding hydrogens is 512 g/mol. The Kier molecular flexibility index (Phi) is 5.87. The van der Waals surface area contributed by atoms with Crippen LogP contribution < -0.4 is 15.0 Å². The third kappa shape index (κ3) is 3.89. The molecule has 0 amide bonds. The lowest BCUT2D eigenvalue weighted by atomic mass is 9.95. The predicted molar refractivity (Wildman–Crippen MR) is 142 cm³/mol.